The van der Waals surface area contributed by atoms with E-state index in [2.05, 4.69) is 17.2 Å². The number of ether oxygens (including phenoxy) is 3. The van der Waals surface area contributed by atoms with Crippen molar-refractivity contribution < 1.29 is 28.6 Å². The molecule has 0 saturated heterocycles. The highest BCUT2D eigenvalue weighted by atomic mass is 16.6. The summed E-state index contributed by atoms with van der Waals surface area (Å²) in [6.07, 6.45) is -1.25. The van der Waals surface area contributed by atoms with Gasteiger partial charge in [0.05, 0.1) is 13.3 Å². The Bertz CT molecular complexity index is 383. The molecule has 21 heavy (non-hydrogen) atoms. The number of rotatable bonds is 8. The first kappa shape index (κ1) is 18.8. The van der Waals surface area contributed by atoms with E-state index in [1.807, 2.05) is 6.92 Å². The Morgan fingerprint density at radius 3 is 2.24 bits per heavy atom. The monoisotopic (exact) mass is 302 g/mol. The summed E-state index contributed by atoms with van der Waals surface area (Å²) in [5.41, 5.74) is 0.265. The molecule has 0 radical (unpaired) electrons. The minimum atomic E-state index is -0.746. The zero-order chi connectivity index (χ0) is 16.3. The largest absolute Gasteiger partial charge is 0.456 e. The highest BCUT2D eigenvalue weighted by Crippen LogP contribution is 1.98. The van der Waals surface area contributed by atoms with E-state index in [-0.39, 0.29) is 18.8 Å². The Labute approximate surface area is 123 Å². The first-order valence-electron chi connectivity index (χ1n) is 6.54. The lowest BCUT2D eigenvalue weighted by Gasteiger charge is -2.14. The summed E-state index contributed by atoms with van der Waals surface area (Å²) in [7, 11) is 0. The van der Waals surface area contributed by atoms with E-state index >= 15 is 0 Å². The third kappa shape index (κ3) is 10.2. The van der Waals surface area contributed by atoms with Gasteiger partial charge in [-0.3, -0.25) is 0 Å². The van der Waals surface area contributed by atoms with Crippen LogP contribution in [-0.4, -0.2) is 44.1 Å². The molecular formula is C13H22N2O6. The molecule has 0 aromatic carbocycles. The highest BCUT2D eigenvalue weighted by Gasteiger charge is 2.12. The van der Waals surface area contributed by atoms with Gasteiger partial charge in [0, 0.05) is 5.57 Å². The molecule has 0 aromatic heterocycles. The lowest BCUT2D eigenvalue weighted by Crippen LogP contribution is -2.38. The number of esters is 1. The molecule has 0 aliphatic heterocycles. The van der Waals surface area contributed by atoms with E-state index in [1.165, 1.54) is 6.92 Å². The van der Waals surface area contributed by atoms with E-state index in [4.69, 9.17) is 14.2 Å². The summed E-state index contributed by atoms with van der Waals surface area (Å²) < 4.78 is 14.4. The fourth-order valence-electron chi connectivity index (χ4n) is 0.996. The topological polar surface area (TPSA) is 103 Å². The average Bonchev–Trinajstić information content (AvgIpc) is 2.42. The maximum Gasteiger partial charge on any atom is 0.408 e. The van der Waals surface area contributed by atoms with Crippen molar-refractivity contribution in [2.75, 3.05) is 19.9 Å². The maximum atomic E-state index is 11.3. The van der Waals surface area contributed by atoms with Gasteiger partial charge in [0.2, 0.25) is 0 Å². The molecule has 0 aliphatic rings. The van der Waals surface area contributed by atoms with Gasteiger partial charge in [0.25, 0.3) is 0 Å². The summed E-state index contributed by atoms with van der Waals surface area (Å²) in [4.78, 5) is 33.5. The first-order valence-corrected chi connectivity index (χ1v) is 6.54. The molecule has 8 heteroatoms. The first-order chi connectivity index (χ1) is 9.86. The maximum absolute atomic E-state index is 11.3. The molecule has 120 valence electrons. The molecule has 1 unspecified atom stereocenters. The minimum Gasteiger partial charge on any atom is -0.456 e. The van der Waals surface area contributed by atoms with Crippen LogP contribution in [0.4, 0.5) is 9.59 Å². The van der Waals surface area contributed by atoms with Crippen molar-refractivity contribution in [2.24, 2.45) is 0 Å². The van der Waals surface area contributed by atoms with E-state index < -0.39 is 24.3 Å². The second-order valence-corrected chi connectivity index (χ2v) is 4.26. The van der Waals surface area contributed by atoms with Gasteiger partial charge in [0.1, 0.15) is 12.7 Å². The number of hydrogen-bond donors (Lipinski definition) is 2. The van der Waals surface area contributed by atoms with Crippen LogP contribution in [0.25, 0.3) is 0 Å². The lowest BCUT2D eigenvalue weighted by atomic mass is 10.3. The number of carbonyl (C=O) groups is 3. The Kier molecular flexibility index (Phi) is 9.40. The number of nitrogens with one attached hydrogen (secondary N) is 2. The highest BCUT2D eigenvalue weighted by molar-refractivity contribution is 5.87. The predicted molar refractivity (Wildman–Crippen MR) is 74.5 cm³/mol. The Balaban J connectivity index is 3.73. The Morgan fingerprint density at radius 1 is 1.14 bits per heavy atom. The van der Waals surface area contributed by atoms with Gasteiger partial charge >= 0.3 is 18.2 Å². The predicted octanol–water partition coefficient (Wildman–Crippen LogP) is 1.31. The van der Waals surface area contributed by atoms with Crippen LogP contribution >= 0.6 is 0 Å². The zero-order valence-electron chi connectivity index (χ0n) is 12.6. The van der Waals surface area contributed by atoms with Crippen LogP contribution in [-0.2, 0) is 19.0 Å². The van der Waals surface area contributed by atoms with Crippen molar-refractivity contribution in [1.29, 1.82) is 0 Å². The van der Waals surface area contributed by atoms with Crippen LogP contribution in [0.3, 0.4) is 0 Å². The average molecular weight is 302 g/mol. The van der Waals surface area contributed by atoms with Crippen LogP contribution in [0.5, 0.6) is 0 Å². The third-order valence-electron chi connectivity index (χ3n) is 2.01. The second kappa shape index (κ2) is 10.5. The quantitative estimate of drug-likeness (QED) is 0.303. The number of amides is 2. The SMILES string of the molecule is C=C(C)C(=O)OC(C)COC(=O)NCNC(=O)OCCC. The van der Waals surface area contributed by atoms with Crippen LogP contribution in [0.1, 0.15) is 27.2 Å². The third-order valence-corrected chi connectivity index (χ3v) is 2.01. The summed E-state index contributed by atoms with van der Waals surface area (Å²) in [5, 5.41) is 4.60. The normalized spacial score (nSPS) is 11.0. The zero-order valence-corrected chi connectivity index (χ0v) is 12.6. The molecule has 0 saturated carbocycles. The van der Waals surface area contributed by atoms with Gasteiger partial charge in [-0.15, -0.1) is 0 Å². The van der Waals surface area contributed by atoms with E-state index in [1.54, 1.807) is 6.92 Å². The molecule has 0 spiro atoms. The lowest BCUT2D eigenvalue weighted by molar-refractivity contribution is -0.145. The molecule has 0 aliphatic carbocycles. The molecule has 2 amide bonds. The van der Waals surface area contributed by atoms with Crippen LogP contribution in [0, 0.1) is 0 Å². The Morgan fingerprint density at radius 2 is 1.71 bits per heavy atom. The minimum absolute atomic E-state index is 0.106. The Hall–Kier alpha value is -2.25. The molecule has 0 bridgehead atoms. The van der Waals surface area contributed by atoms with E-state index in [0.717, 1.165) is 0 Å². The van der Waals surface area contributed by atoms with Gasteiger partial charge in [-0.2, -0.15) is 0 Å². The van der Waals surface area contributed by atoms with Crippen molar-refractivity contribution in [3.63, 3.8) is 0 Å². The number of alkyl carbamates (subject to hydrolysis) is 2. The van der Waals surface area contributed by atoms with Crippen molar-refractivity contribution in [1.82, 2.24) is 10.6 Å². The summed E-state index contributed by atoms with van der Waals surface area (Å²) in [6.45, 7) is 8.48. The van der Waals surface area contributed by atoms with E-state index in [9.17, 15) is 14.4 Å². The molecule has 2 N–H and O–H groups in total. The van der Waals surface area contributed by atoms with Gasteiger partial charge < -0.3 is 24.8 Å². The molecule has 0 heterocycles. The fraction of sp³-hybridized carbons (Fsp3) is 0.615. The molecule has 0 aromatic rings. The number of carbonyl (C=O) groups excluding carboxylic acids is 3. The van der Waals surface area contributed by atoms with E-state index in [0.29, 0.717) is 13.0 Å². The summed E-state index contributed by atoms with van der Waals surface area (Å²) in [6, 6.07) is 0. The summed E-state index contributed by atoms with van der Waals surface area (Å²) in [5.74, 6) is -0.549. The van der Waals surface area contributed by atoms with Gasteiger partial charge in [-0.05, 0) is 20.3 Å². The standard InChI is InChI=1S/C13H22N2O6/c1-5-6-19-12(17)14-8-15-13(18)20-7-10(4)21-11(16)9(2)3/h10H,2,5-8H2,1,3-4H3,(H,14,17)(H,15,18). The van der Waals surface area contributed by atoms with Gasteiger partial charge in [0.15, 0.2) is 0 Å². The molecule has 0 rings (SSSR count). The fourth-order valence-corrected chi connectivity index (χ4v) is 0.996. The van der Waals surface area contributed by atoms with Crippen molar-refractivity contribution in [2.45, 2.75) is 33.3 Å². The molecule has 8 nitrogen and oxygen atoms in total. The molecular weight excluding hydrogens is 280 g/mol. The van der Waals surface area contributed by atoms with Crippen LogP contribution in [0.15, 0.2) is 12.2 Å². The molecule has 0 fully saturated rings. The van der Waals surface area contributed by atoms with Gasteiger partial charge in [-0.1, -0.05) is 13.5 Å². The smallest absolute Gasteiger partial charge is 0.408 e. The summed E-state index contributed by atoms with van der Waals surface area (Å²) >= 11 is 0. The van der Waals surface area contributed by atoms with Crippen molar-refractivity contribution in [3.8, 4) is 0 Å². The molecule has 1 atom stereocenters. The van der Waals surface area contributed by atoms with Crippen LogP contribution < -0.4 is 10.6 Å². The van der Waals surface area contributed by atoms with Crippen molar-refractivity contribution >= 4 is 18.2 Å². The van der Waals surface area contributed by atoms with Crippen molar-refractivity contribution in [3.05, 3.63) is 12.2 Å². The van der Waals surface area contributed by atoms with Crippen LogP contribution in [0.2, 0.25) is 0 Å². The number of hydrogen-bond acceptors (Lipinski definition) is 6. The van der Waals surface area contributed by atoms with Gasteiger partial charge in [-0.25, -0.2) is 14.4 Å². The second-order valence-electron chi connectivity index (χ2n) is 4.26.